The summed E-state index contributed by atoms with van der Waals surface area (Å²) in [6.45, 7) is 0. The number of rotatable bonds is 0. The number of halogens is 2. The van der Waals surface area contributed by atoms with Crippen molar-refractivity contribution < 1.29 is 4.42 Å². The summed E-state index contributed by atoms with van der Waals surface area (Å²) in [7, 11) is 0. The summed E-state index contributed by atoms with van der Waals surface area (Å²) in [4.78, 5) is 0. The van der Waals surface area contributed by atoms with Crippen LogP contribution in [0, 0.1) is 0 Å². The van der Waals surface area contributed by atoms with Gasteiger partial charge in [0.25, 0.3) is 0 Å². The summed E-state index contributed by atoms with van der Waals surface area (Å²) in [5.41, 5.74) is 1.76. The van der Waals surface area contributed by atoms with Crippen molar-refractivity contribution >= 4 is 65.9 Å². The number of thiophene rings is 1. The third-order valence-corrected chi connectivity index (χ3v) is 4.66. The predicted molar refractivity (Wildman–Crippen MR) is 79.1 cm³/mol. The van der Waals surface area contributed by atoms with Gasteiger partial charge in [0.15, 0.2) is 5.58 Å². The number of benzene rings is 2. The summed E-state index contributed by atoms with van der Waals surface area (Å²) in [6, 6.07) is 11.6. The van der Waals surface area contributed by atoms with Gasteiger partial charge in [-0.1, -0.05) is 23.2 Å². The van der Waals surface area contributed by atoms with Gasteiger partial charge in [-0.2, -0.15) is 0 Å². The van der Waals surface area contributed by atoms with Gasteiger partial charge < -0.3 is 4.42 Å². The zero-order valence-corrected chi connectivity index (χ0v) is 11.4. The second kappa shape index (κ2) is 3.64. The van der Waals surface area contributed by atoms with Crippen molar-refractivity contribution in [3.05, 3.63) is 46.4 Å². The quantitative estimate of drug-likeness (QED) is 0.381. The summed E-state index contributed by atoms with van der Waals surface area (Å²) < 4.78 is 8.21. The van der Waals surface area contributed by atoms with Gasteiger partial charge in [0, 0.05) is 25.5 Å². The van der Waals surface area contributed by atoms with E-state index < -0.39 is 0 Å². The normalized spacial score (nSPS) is 11.9. The Hall–Kier alpha value is -1.22. The largest absolute Gasteiger partial charge is 0.454 e. The van der Waals surface area contributed by atoms with Crippen molar-refractivity contribution in [2.75, 3.05) is 0 Å². The van der Waals surface area contributed by atoms with Crippen molar-refractivity contribution in [1.29, 1.82) is 0 Å². The first-order valence-corrected chi connectivity index (χ1v) is 6.99. The molecule has 1 nitrogen and oxygen atoms in total. The molecule has 0 aliphatic rings. The summed E-state index contributed by atoms with van der Waals surface area (Å²) >= 11 is 13.8. The molecule has 0 saturated heterocycles. The molecule has 0 radical (unpaired) electrons. The Kier molecular flexibility index (Phi) is 2.16. The molecule has 18 heavy (non-hydrogen) atoms. The molecular formula is C14H6Cl2OS. The third-order valence-electron chi connectivity index (χ3n) is 3.00. The first-order valence-electron chi connectivity index (χ1n) is 5.42. The van der Waals surface area contributed by atoms with Crippen LogP contribution < -0.4 is 0 Å². The average Bonchev–Trinajstić information content (AvgIpc) is 2.86. The molecule has 4 aromatic rings. The van der Waals surface area contributed by atoms with E-state index in [2.05, 4.69) is 0 Å². The number of fused-ring (bicyclic) bond motifs is 5. The molecule has 0 bridgehead atoms. The fraction of sp³-hybridized carbons (Fsp3) is 0. The highest BCUT2D eigenvalue weighted by Crippen LogP contribution is 2.41. The predicted octanol–water partition coefficient (Wildman–Crippen LogP) is 6.11. The Morgan fingerprint density at radius 1 is 0.889 bits per heavy atom. The van der Waals surface area contributed by atoms with Crippen LogP contribution in [-0.4, -0.2) is 0 Å². The first kappa shape index (κ1) is 10.7. The lowest BCUT2D eigenvalue weighted by Gasteiger charge is -1.91. The molecule has 2 aromatic heterocycles. The highest BCUT2D eigenvalue weighted by Gasteiger charge is 2.14. The molecule has 0 atom stereocenters. The zero-order chi connectivity index (χ0) is 12.3. The van der Waals surface area contributed by atoms with Gasteiger partial charge in [-0.3, -0.25) is 0 Å². The molecule has 4 rings (SSSR count). The molecule has 4 heteroatoms. The summed E-state index contributed by atoms with van der Waals surface area (Å²) in [6.07, 6.45) is 0. The number of hydrogen-bond acceptors (Lipinski definition) is 2. The van der Waals surface area contributed by atoms with Gasteiger partial charge in [-0.25, -0.2) is 0 Å². The Bertz CT molecular complexity index is 828. The van der Waals surface area contributed by atoms with Gasteiger partial charge in [0.2, 0.25) is 0 Å². The van der Waals surface area contributed by atoms with Crippen LogP contribution >= 0.6 is 34.5 Å². The minimum atomic E-state index is 0.723. The van der Waals surface area contributed by atoms with E-state index in [9.17, 15) is 0 Å². The molecule has 0 fully saturated rings. The summed E-state index contributed by atoms with van der Waals surface area (Å²) in [5, 5.41) is 3.58. The lowest BCUT2D eigenvalue weighted by molar-refractivity contribution is 0.673. The fourth-order valence-electron chi connectivity index (χ4n) is 2.20. The van der Waals surface area contributed by atoms with Crippen molar-refractivity contribution in [3.8, 4) is 0 Å². The van der Waals surface area contributed by atoms with Gasteiger partial charge in [-0.15, -0.1) is 11.3 Å². The van der Waals surface area contributed by atoms with Crippen molar-refractivity contribution in [2.45, 2.75) is 0 Å². The molecule has 0 aliphatic heterocycles. The number of furan rings is 1. The minimum absolute atomic E-state index is 0.723. The molecule has 0 amide bonds. The van der Waals surface area contributed by atoms with Crippen molar-refractivity contribution in [3.63, 3.8) is 0 Å². The molecule has 2 heterocycles. The van der Waals surface area contributed by atoms with E-state index in [0.29, 0.717) is 0 Å². The minimum Gasteiger partial charge on any atom is -0.454 e. The molecule has 88 valence electrons. The van der Waals surface area contributed by atoms with E-state index in [1.54, 1.807) is 11.3 Å². The van der Waals surface area contributed by atoms with Gasteiger partial charge in [-0.05, 0) is 36.4 Å². The van der Waals surface area contributed by atoms with E-state index in [1.165, 1.54) is 4.70 Å². The van der Waals surface area contributed by atoms with Crippen LogP contribution in [0.15, 0.2) is 40.8 Å². The zero-order valence-electron chi connectivity index (χ0n) is 9.04. The Balaban J connectivity index is 2.26. The Labute approximate surface area is 117 Å². The molecule has 0 unspecified atom stereocenters. The standard InChI is InChI=1S/C14H6Cl2OS/c15-7-1-3-11-9(5-7)14-13(17-11)10-6-8(16)2-4-12(10)18-14/h1-6H. The molecular weight excluding hydrogens is 287 g/mol. The molecule has 0 saturated carbocycles. The summed E-state index contributed by atoms with van der Waals surface area (Å²) in [5.74, 6) is 0. The average molecular weight is 293 g/mol. The van der Waals surface area contributed by atoms with E-state index >= 15 is 0 Å². The fourth-order valence-corrected chi connectivity index (χ4v) is 3.68. The van der Waals surface area contributed by atoms with Crippen LogP contribution in [0.5, 0.6) is 0 Å². The third kappa shape index (κ3) is 1.40. The van der Waals surface area contributed by atoms with E-state index in [4.69, 9.17) is 27.6 Å². The Morgan fingerprint density at radius 2 is 1.61 bits per heavy atom. The smallest absolute Gasteiger partial charge is 0.154 e. The van der Waals surface area contributed by atoms with Crippen LogP contribution in [0.3, 0.4) is 0 Å². The van der Waals surface area contributed by atoms with E-state index in [-0.39, 0.29) is 0 Å². The van der Waals surface area contributed by atoms with Gasteiger partial charge in [0.1, 0.15) is 5.58 Å². The second-order valence-corrected chi connectivity index (χ2v) is 6.07. The van der Waals surface area contributed by atoms with Crippen LogP contribution in [0.2, 0.25) is 10.0 Å². The van der Waals surface area contributed by atoms with E-state index in [1.807, 2.05) is 36.4 Å². The maximum absolute atomic E-state index is 6.04. The van der Waals surface area contributed by atoms with Crippen LogP contribution in [0.1, 0.15) is 0 Å². The first-order chi connectivity index (χ1) is 8.72. The van der Waals surface area contributed by atoms with Crippen LogP contribution in [0.25, 0.3) is 31.3 Å². The maximum Gasteiger partial charge on any atom is 0.154 e. The monoisotopic (exact) mass is 292 g/mol. The molecule has 0 N–H and O–H groups in total. The highest BCUT2D eigenvalue weighted by atomic mass is 35.5. The van der Waals surface area contributed by atoms with Crippen LogP contribution in [0.4, 0.5) is 0 Å². The van der Waals surface area contributed by atoms with Gasteiger partial charge >= 0.3 is 0 Å². The lowest BCUT2D eigenvalue weighted by atomic mass is 10.2. The number of hydrogen-bond donors (Lipinski definition) is 0. The molecule has 0 aliphatic carbocycles. The Morgan fingerprint density at radius 3 is 2.44 bits per heavy atom. The highest BCUT2D eigenvalue weighted by molar-refractivity contribution is 7.26. The lowest BCUT2D eigenvalue weighted by Crippen LogP contribution is -1.65. The topological polar surface area (TPSA) is 13.1 Å². The second-order valence-electron chi connectivity index (χ2n) is 4.14. The van der Waals surface area contributed by atoms with Gasteiger partial charge in [0.05, 0.1) is 4.70 Å². The molecule has 0 spiro atoms. The van der Waals surface area contributed by atoms with Crippen LogP contribution in [-0.2, 0) is 0 Å². The maximum atomic E-state index is 6.04. The SMILES string of the molecule is Clc1ccc2sc3c4cc(Cl)ccc4oc3c2c1. The van der Waals surface area contributed by atoms with Crippen molar-refractivity contribution in [1.82, 2.24) is 0 Å². The molecule has 2 aromatic carbocycles. The van der Waals surface area contributed by atoms with E-state index in [0.717, 1.165) is 36.7 Å². The van der Waals surface area contributed by atoms with Crippen molar-refractivity contribution in [2.24, 2.45) is 0 Å².